The van der Waals surface area contributed by atoms with Crippen molar-refractivity contribution in [3.8, 4) is 0 Å². The molecule has 0 aromatic heterocycles. The predicted molar refractivity (Wildman–Crippen MR) is 60.3 cm³/mol. The molecule has 0 heterocycles. The summed E-state index contributed by atoms with van der Waals surface area (Å²) >= 11 is 1.84. The summed E-state index contributed by atoms with van der Waals surface area (Å²) in [5.74, 6) is 0. The number of nitrogens with two attached hydrogens (primary N) is 1. The number of benzene rings is 1. The van der Waals surface area contributed by atoms with Crippen LogP contribution in [0.4, 0.5) is 0 Å². The van der Waals surface area contributed by atoms with Crippen LogP contribution in [0.1, 0.15) is 18.1 Å². The molecule has 72 valence electrons. The van der Waals surface area contributed by atoms with E-state index < -0.39 is 0 Å². The van der Waals surface area contributed by atoms with Crippen molar-refractivity contribution in [3.63, 3.8) is 0 Å². The van der Waals surface area contributed by atoms with Crippen molar-refractivity contribution in [1.29, 1.82) is 0 Å². The van der Waals surface area contributed by atoms with Gasteiger partial charge in [-0.15, -0.1) is 11.8 Å². The number of thioether (sulfide) groups is 1. The Morgan fingerprint density at radius 1 is 1.31 bits per heavy atom. The zero-order chi connectivity index (χ0) is 9.84. The molecule has 0 bridgehead atoms. The van der Waals surface area contributed by atoms with Crippen LogP contribution in [0, 0.1) is 13.8 Å². The van der Waals surface area contributed by atoms with Crippen molar-refractivity contribution in [2.75, 3.05) is 6.54 Å². The highest BCUT2D eigenvalue weighted by molar-refractivity contribution is 8.00. The first-order valence-corrected chi connectivity index (χ1v) is 5.45. The summed E-state index contributed by atoms with van der Waals surface area (Å²) in [5.41, 5.74) is 8.27. The van der Waals surface area contributed by atoms with Crippen LogP contribution in [0.3, 0.4) is 0 Å². The summed E-state index contributed by atoms with van der Waals surface area (Å²) in [6.07, 6.45) is 0. The molecule has 0 amide bonds. The Kier molecular flexibility index (Phi) is 3.82. The van der Waals surface area contributed by atoms with E-state index in [4.69, 9.17) is 5.73 Å². The highest BCUT2D eigenvalue weighted by Crippen LogP contribution is 2.24. The fraction of sp³-hybridized carbons (Fsp3) is 0.455. The van der Waals surface area contributed by atoms with Gasteiger partial charge in [-0.2, -0.15) is 0 Å². The van der Waals surface area contributed by atoms with E-state index >= 15 is 0 Å². The first-order valence-electron chi connectivity index (χ1n) is 4.57. The number of rotatable bonds is 3. The van der Waals surface area contributed by atoms with Crippen LogP contribution < -0.4 is 5.73 Å². The second-order valence-electron chi connectivity index (χ2n) is 3.41. The van der Waals surface area contributed by atoms with Gasteiger partial charge < -0.3 is 5.73 Å². The van der Waals surface area contributed by atoms with Crippen LogP contribution in [0.2, 0.25) is 0 Å². The molecular formula is C11H17NS. The van der Waals surface area contributed by atoms with Crippen molar-refractivity contribution in [1.82, 2.24) is 0 Å². The maximum absolute atomic E-state index is 5.57. The highest BCUT2D eigenvalue weighted by atomic mass is 32.2. The minimum Gasteiger partial charge on any atom is -0.329 e. The van der Waals surface area contributed by atoms with Gasteiger partial charge in [-0.1, -0.05) is 13.0 Å². The lowest BCUT2D eigenvalue weighted by molar-refractivity contribution is 0.951. The third-order valence-corrected chi connectivity index (χ3v) is 3.27. The molecule has 0 aliphatic carbocycles. The van der Waals surface area contributed by atoms with E-state index in [9.17, 15) is 0 Å². The highest BCUT2D eigenvalue weighted by Gasteiger charge is 2.02. The van der Waals surface area contributed by atoms with Crippen LogP contribution >= 0.6 is 11.8 Å². The van der Waals surface area contributed by atoms with Crippen molar-refractivity contribution < 1.29 is 0 Å². The maximum Gasteiger partial charge on any atom is 0.0189 e. The largest absolute Gasteiger partial charge is 0.329 e. The third kappa shape index (κ3) is 3.05. The van der Waals surface area contributed by atoms with E-state index in [-0.39, 0.29) is 0 Å². The minimum absolute atomic E-state index is 0.502. The van der Waals surface area contributed by atoms with E-state index in [1.165, 1.54) is 16.0 Å². The van der Waals surface area contributed by atoms with E-state index in [0.29, 0.717) is 5.25 Å². The Balaban J connectivity index is 2.73. The summed E-state index contributed by atoms with van der Waals surface area (Å²) in [4.78, 5) is 1.32. The van der Waals surface area contributed by atoms with Gasteiger partial charge in [0.05, 0.1) is 0 Å². The molecule has 1 nitrogen and oxygen atoms in total. The standard InChI is InChI=1S/C11H17NS/c1-8-4-5-11(6-9(8)2)13-10(3)7-12/h4-6,10H,7,12H2,1-3H3. The number of aryl methyl sites for hydroxylation is 2. The summed E-state index contributed by atoms with van der Waals surface area (Å²) in [7, 11) is 0. The van der Waals surface area contributed by atoms with Crippen molar-refractivity contribution >= 4 is 11.8 Å². The molecule has 2 heteroatoms. The second kappa shape index (κ2) is 4.68. The molecule has 1 aromatic rings. The van der Waals surface area contributed by atoms with Crippen molar-refractivity contribution in [2.24, 2.45) is 5.73 Å². The number of hydrogen-bond donors (Lipinski definition) is 1. The second-order valence-corrected chi connectivity index (χ2v) is 4.92. The summed E-state index contributed by atoms with van der Waals surface area (Å²) < 4.78 is 0. The fourth-order valence-electron chi connectivity index (χ4n) is 1.07. The zero-order valence-electron chi connectivity index (χ0n) is 8.50. The van der Waals surface area contributed by atoms with Gasteiger partial charge in [0.25, 0.3) is 0 Å². The lowest BCUT2D eigenvalue weighted by Gasteiger charge is -2.09. The zero-order valence-corrected chi connectivity index (χ0v) is 9.32. The molecule has 0 saturated heterocycles. The van der Waals surface area contributed by atoms with E-state index in [0.717, 1.165) is 6.54 Å². The molecule has 0 aliphatic rings. The van der Waals surface area contributed by atoms with E-state index in [2.05, 4.69) is 39.0 Å². The van der Waals surface area contributed by atoms with Gasteiger partial charge in [0, 0.05) is 16.7 Å². The Morgan fingerprint density at radius 3 is 2.54 bits per heavy atom. The molecule has 0 spiro atoms. The van der Waals surface area contributed by atoms with E-state index in [1.54, 1.807) is 0 Å². The van der Waals surface area contributed by atoms with Crippen LogP contribution in [-0.2, 0) is 0 Å². The van der Waals surface area contributed by atoms with Gasteiger partial charge in [-0.25, -0.2) is 0 Å². The van der Waals surface area contributed by atoms with Gasteiger partial charge in [0.15, 0.2) is 0 Å². The Morgan fingerprint density at radius 2 is 2.00 bits per heavy atom. The van der Waals surface area contributed by atoms with Crippen molar-refractivity contribution in [2.45, 2.75) is 30.9 Å². The minimum atomic E-state index is 0.502. The average molecular weight is 195 g/mol. The van der Waals surface area contributed by atoms with Crippen LogP contribution in [0.25, 0.3) is 0 Å². The lowest BCUT2D eigenvalue weighted by atomic mass is 10.1. The molecule has 0 fully saturated rings. The summed E-state index contributed by atoms with van der Waals surface area (Å²) in [5, 5.41) is 0.502. The molecular weight excluding hydrogens is 178 g/mol. The fourth-order valence-corrected chi connectivity index (χ4v) is 2.02. The monoisotopic (exact) mass is 195 g/mol. The summed E-state index contributed by atoms with van der Waals surface area (Å²) in [6, 6.07) is 6.56. The van der Waals surface area contributed by atoms with Crippen LogP contribution in [-0.4, -0.2) is 11.8 Å². The lowest BCUT2D eigenvalue weighted by Crippen LogP contribution is -2.12. The third-order valence-electron chi connectivity index (χ3n) is 2.15. The number of hydrogen-bond acceptors (Lipinski definition) is 2. The van der Waals surface area contributed by atoms with Crippen LogP contribution in [0.5, 0.6) is 0 Å². The van der Waals surface area contributed by atoms with E-state index in [1.807, 2.05) is 11.8 Å². The SMILES string of the molecule is Cc1ccc(SC(C)CN)cc1C. The molecule has 1 atom stereocenters. The first kappa shape index (κ1) is 10.6. The average Bonchev–Trinajstić information content (AvgIpc) is 2.11. The Labute approximate surface area is 84.7 Å². The molecule has 2 N–H and O–H groups in total. The van der Waals surface area contributed by atoms with Gasteiger partial charge in [0.2, 0.25) is 0 Å². The Hall–Kier alpha value is -0.470. The molecule has 0 aliphatic heterocycles. The topological polar surface area (TPSA) is 26.0 Å². The quantitative estimate of drug-likeness (QED) is 0.750. The Bertz CT molecular complexity index is 283. The molecule has 13 heavy (non-hydrogen) atoms. The predicted octanol–water partition coefficient (Wildman–Crippen LogP) is 2.74. The maximum atomic E-state index is 5.57. The van der Waals surface area contributed by atoms with Gasteiger partial charge in [-0.3, -0.25) is 0 Å². The molecule has 1 rings (SSSR count). The van der Waals surface area contributed by atoms with Gasteiger partial charge >= 0.3 is 0 Å². The molecule has 0 saturated carbocycles. The van der Waals surface area contributed by atoms with Gasteiger partial charge in [0.1, 0.15) is 0 Å². The normalized spacial score (nSPS) is 12.9. The van der Waals surface area contributed by atoms with Gasteiger partial charge in [-0.05, 0) is 37.1 Å². The first-order chi connectivity index (χ1) is 6.13. The smallest absolute Gasteiger partial charge is 0.0189 e. The molecule has 1 aromatic carbocycles. The summed E-state index contributed by atoms with van der Waals surface area (Å²) in [6.45, 7) is 7.17. The molecule has 0 radical (unpaired) electrons. The molecule has 1 unspecified atom stereocenters. The van der Waals surface area contributed by atoms with Crippen LogP contribution in [0.15, 0.2) is 23.1 Å². The van der Waals surface area contributed by atoms with Crippen molar-refractivity contribution in [3.05, 3.63) is 29.3 Å².